The summed E-state index contributed by atoms with van der Waals surface area (Å²) in [5.41, 5.74) is 8.84. The first-order valence-corrected chi connectivity index (χ1v) is 6.38. The summed E-state index contributed by atoms with van der Waals surface area (Å²) in [5, 5.41) is 2.86. The highest BCUT2D eigenvalue weighted by Crippen LogP contribution is 2.23. The lowest BCUT2D eigenvalue weighted by atomic mass is 10.1. The molecule has 0 spiro atoms. The molecule has 4 heteroatoms. The number of nitrogen functional groups attached to an aromatic ring is 1. The number of carbonyl (C=O) groups is 1. The quantitative estimate of drug-likeness (QED) is 0.839. The fraction of sp³-hybridized carbons (Fsp3) is 0.188. The van der Waals surface area contributed by atoms with Crippen LogP contribution in [0.2, 0.25) is 0 Å². The predicted molar refractivity (Wildman–Crippen MR) is 79.8 cm³/mol. The Labute approximate surface area is 118 Å². The third-order valence-corrected chi connectivity index (χ3v) is 3.04. The molecule has 1 amide bonds. The standard InChI is InChI=1S/C16H18N2O2/c1-11-5-3-6-12(9-11)10-18-16(19)15-13(17)7-4-8-14(15)20-2/h3-9H,10,17H2,1-2H3,(H,18,19). The second-order valence-electron chi connectivity index (χ2n) is 4.60. The number of rotatable bonds is 4. The van der Waals surface area contributed by atoms with Gasteiger partial charge in [0.25, 0.3) is 5.91 Å². The van der Waals surface area contributed by atoms with Crippen molar-refractivity contribution in [3.63, 3.8) is 0 Å². The molecule has 0 aliphatic heterocycles. The smallest absolute Gasteiger partial charge is 0.257 e. The van der Waals surface area contributed by atoms with Crippen molar-refractivity contribution in [1.82, 2.24) is 5.32 Å². The van der Waals surface area contributed by atoms with Gasteiger partial charge in [-0.25, -0.2) is 0 Å². The normalized spacial score (nSPS) is 10.1. The van der Waals surface area contributed by atoms with Gasteiger partial charge in [0.15, 0.2) is 0 Å². The van der Waals surface area contributed by atoms with Crippen molar-refractivity contribution in [2.75, 3.05) is 12.8 Å². The zero-order chi connectivity index (χ0) is 14.5. The van der Waals surface area contributed by atoms with E-state index >= 15 is 0 Å². The SMILES string of the molecule is COc1cccc(N)c1C(=O)NCc1cccc(C)c1. The number of benzene rings is 2. The molecule has 3 N–H and O–H groups in total. The van der Waals surface area contributed by atoms with Crippen molar-refractivity contribution in [3.05, 3.63) is 59.2 Å². The Bertz CT molecular complexity index is 624. The molecule has 2 rings (SSSR count). The molecule has 2 aromatic carbocycles. The fourth-order valence-electron chi connectivity index (χ4n) is 2.05. The molecular weight excluding hydrogens is 252 g/mol. The number of amides is 1. The Balaban J connectivity index is 2.13. The lowest BCUT2D eigenvalue weighted by Gasteiger charge is -2.11. The molecule has 0 aliphatic rings. The van der Waals surface area contributed by atoms with Gasteiger partial charge in [0.1, 0.15) is 11.3 Å². The molecule has 104 valence electrons. The van der Waals surface area contributed by atoms with Gasteiger partial charge in [-0.15, -0.1) is 0 Å². The van der Waals surface area contributed by atoms with E-state index in [9.17, 15) is 4.79 Å². The lowest BCUT2D eigenvalue weighted by molar-refractivity contribution is 0.0949. The van der Waals surface area contributed by atoms with Crippen LogP contribution in [-0.2, 0) is 6.54 Å². The van der Waals surface area contributed by atoms with E-state index < -0.39 is 0 Å². The number of aryl methyl sites for hydroxylation is 1. The molecular formula is C16H18N2O2. The van der Waals surface area contributed by atoms with E-state index in [1.165, 1.54) is 7.11 Å². The van der Waals surface area contributed by atoms with E-state index in [-0.39, 0.29) is 5.91 Å². The van der Waals surface area contributed by atoms with Crippen LogP contribution in [0.5, 0.6) is 5.75 Å². The first-order chi connectivity index (χ1) is 9.61. The van der Waals surface area contributed by atoms with Crippen molar-refractivity contribution >= 4 is 11.6 Å². The van der Waals surface area contributed by atoms with Crippen LogP contribution in [-0.4, -0.2) is 13.0 Å². The first-order valence-electron chi connectivity index (χ1n) is 6.38. The number of hydrogen-bond donors (Lipinski definition) is 2. The first kappa shape index (κ1) is 13.9. The van der Waals surface area contributed by atoms with Gasteiger partial charge in [0.05, 0.1) is 7.11 Å². The lowest BCUT2D eigenvalue weighted by Crippen LogP contribution is -2.24. The molecule has 0 bridgehead atoms. The molecule has 0 atom stereocenters. The molecule has 0 heterocycles. The maximum atomic E-state index is 12.2. The molecule has 0 unspecified atom stereocenters. The van der Waals surface area contributed by atoms with E-state index in [1.807, 2.05) is 31.2 Å². The van der Waals surface area contributed by atoms with Crippen LogP contribution in [0.1, 0.15) is 21.5 Å². The van der Waals surface area contributed by atoms with Gasteiger partial charge in [-0.05, 0) is 24.6 Å². The summed E-state index contributed by atoms with van der Waals surface area (Å²) in [6, 6.07) is 13.1. The van der Waals surface area contributed by atoms with Crippen molar-refractivity contribution in [2.45, 2.75) is 13.5 Å². The molecule has 0 aromatic heterocycles. The predicted octanol–water partition coefficient (Wildman–Crippen LogP) is 2.52. The van der Waals surface area contributed by atoms with Crippen molar-refractivity contribution < 1.29 is 9.53 Å². The second kappa shape index (κ2) is 6.10. The molecule has 0 radical (unpaired) electrons. The zero-order valence-electron chi connectivity index (χ0n) is 11.6. The van der Waals surface area contributed by atoms with Crippen LogP contribution in [0.3, 0.4) is 0 Å². The molecule has 0 saturated carbocycles. The largest absolute Gasteiger partial charge is 0.496 e. The van der Waals surface area contributed by atoms with Gasteiger partial charge in [-0.2, -0.15) is 0 Å². The van der Waals surface area contributed by atoms with E-state index in [4.69, 9.17) is 10.5 Å². The third kappa shape index (κ3) is 3.09. The maximum absolute atomic E-state index is 12.2. The van der Waals surface area contributed by atoms with Crippen molar-refractivity contribution in [1.29, 1.82) is 0 Å². The molecule has 0 saturated heterocycles. The minimum atomic E-state index is -0.235. The maximum Gasteiger partial charge on any atom is 0.257 e. The van der Waals surface area contributed by atoms with Crippen LogP contribution in [0.4, 0.5) is 5.69 Å². The van der Waals surface area contributed by atoms with Crippen LogP contribution >= 0.6 is 0 Å². The summed E-state index contributed by atoms with van der Waals surface area (Å²) in [5.74, 6) is 0.244. The number of carbonyl (C=O) groups excluding carboxylic acids is 1. The van der Waals surface area contributed by atoms with Crippen LogP contribution in [0.15, 0.2) is 42.5 Å². The van der Waals surface area contributed by atoms with Gasteiger partial charge >= 0.3 is 0 Å². The summed E-state index contributed by atoms with van der Waals surface area (Å²) in [4.78, 5) is 12.2. The van der Waals surface area contributed by atoms with E-state index in [1.54, 1.807) is 18.2 Å². The van der Waals surface area contributed by atoms with Gasteiger partial charge in [-0.1, -0.05) is 35.9 Å². The highest BCUT2D eigenvalue weighted by molar-refractivity contribution is 6.01. The Morgan fingerprint density at radius 2 is 2.00 bits per heavy atom. The Hall–Kier alpha value is -2.49. The molecule has 20 heavy (non-hydrogen) atoms. The number of methoxy groups -OCH3 is 1. The summed E-state index contributed by atoms with van der Waals surface area (Å²) in [7, 11) is 1.52. The zero-order valence-corrected chi connectivity index (χ0v) is 11.6. The number of ether oxygens (including phenoxy) is 1. The molecule has 0 fully saturated rings. The highest BCUT2D eigenvalue weighted by Gasteiger charge is 2.15. The molecule has 4 nitrogen and oxygen atoms in total. The van der Waals surface area contributed by atoms with Crippen LogP contribution in [0.25, 0.3) is 0 Å². The van der Waals surface area contributed by atoms with Gasteiger partial charge in [0.2, 0.25) is 0 Å². The van der Waals surface area contributed by atoms with Gasteiger partial charge < -0.3 is 15.8 Å². The fourth-order valence-corrected chi connectivity index (χ4v) is 2.05. The van der Waals surface area contributed by atoms with Crippen molar-refractivity contribution in [3.8, 4) is 5.75 Å². The molecule has 0 aliphatic carbocycles. The Morgan fingerprint density at radius 3 is 2.70 bits per heavy atom. The van der Waals surface area contributed by atoms with Crippen molar-refractivity contribution in [2.24, 2.45) is 0 Å². The summed E-state index contributed by atoms with van der Waals surface area (Å²) < 4.78 is 5.18. The Kier molecular flexibility index (Phi) is 4.25. The highest BCUT2D eigenvalue weighted by atomic mass is 16.5. The number of hydrogen-bond acceptors (Lipinski definition) is 3. The number of nitrogens with one attached hydrogen (secondary N) is 1. The number of anilines is 1. The second-order valence-corrected chi connectivity index (χ2v) is 4.60. The minimum absolute atomic E-state index is 0.235. The summed E-state index contributed by atoms with van der Waals surface area (Å²) in [6.45, 7) is 2.47. The number of nitrogens with two attached hydrogens (primary N) is 1. The van der Waals surface area contributed by atoms with Crippen LogP contribution in [0, 0.1) is 6.92 Å². The monoisotopic (exact) mass is 270 g/mol. The Morgan fingerprint density at radius 1 is 1.25 bits per heavy atom. The average molecular weight is 270 g/mol. The topological polar surface area (TPSA) is 64.3 Å². The van der Waals surface area contributed by atoms with Gasteiger partial charge in [0, 0.05) is 12.2 Å². The van der Waals surface area contributed by atoms with E-state index in [2.05, 4.69) is 5.32 Å². The van der Waals surface area contributed by atoms with E-state index in [0.717, 1.165) is 11.1 Å². The van der Waals surface area contributed by atoms with E-state index in [0.29, 0.717) is 23.5 Å². The minimum Gasteiger partial charge on any atom is -0.496 e. The third-order valence-electron chi connectivity index (χ3n) is 3.04. The summed E-state index contributed by atoms with van der Waals surface area (Å²) in [6.07, 6.45) is 0. The summed E-state index contributed by atoms with van der Waals surface area (Å²) >= 11 is 0. The average Bonchev–Trinajstić information content (AvgIpc) is 2.44. The van der Waals surface area contributed by atoms with Gasteiger partial charge in [-0.3, -0.25) is 4.79 Å². The molecule has 2 aromatic rings. The van der Waals surface area contributed by atoms with Crippen LogP contribution < -0.4 is 15.8 Å².